The first-order chi connectivity index (χ1) is 9.17. The Balaban J connectivity index is 1.79. The van der Waals surface area contributed by atoms with Crippen molar-refractivity contribution < 1.29 is 0 Å². The van der Waals surface area contributed by atoms with Crippen LogP contribution in [0.4, 0.5) is 0 Å². The highest BCUT2D eigenvalue weighted by atomic mass is 15.1. The number of hydrogen-bond donors (Lipinski definition) is 1. The predicted molar refractivity (Wildman–Crippen MR) is 83.4 cm³/mol. The van der Waals surface area contributed by atoms with Crippen LogP contribution in [0.15, 0.2) is 0 Å². The second-order valence-corrected chi connectivity index (χ2v) is 7.38. The van der Waals surface area contributed by atoms with Crippen molar-refractivity contribution in [2.45, 2.75) is 52.9 Å². The molecule has 2 rings (SSSR count). The van der Waals surface area contributed by atoms with Crippen LogP contribution in [0.3, 0.4) is 0 Å². The quantitative estimate of drug-likeness (QED) is 0.842. The highest BCUT2D eigenvalue weighted by Gasteiger charge is 2.24. The average Bonchev–Trinajstić information content (AvgIpc) is 2.37. The van der Waals surface area contributed by atoms with Crippen molar-refractivity contribution in [3.63, 3.8) is 0 Å². The van der Waals surface area contributed by atoms with Gasteiger partial charge in [0.2, 0.25) is 0 Å². The molecule has 2 aliphatic rings. The van der Waals surface area contributed by atoms with Gasteiger partial charge in [0.05, 0.1) is 0 Å². The van der Waals surface area contributed by atoms with Crippen molar-refractivity contribution in [2.24, 2.45) is 23.7 Å². The zero-order chi connectivity index (χ0) is 13.7. The lowest BCUT2D eigenvalue weighted by molar-refractivity contribution is 0.136. The number of hydrogen-bond acceptors (Lipinski definition) is 2. The Morgan fingerprint density at radius 3 is 1.95 bits per heavy atom. The van der Waals surface area contributed by atoms with E-state index in [1.807, 2.05) is 0 Å². The third-order valence-electron chi connectivity index (χ3n) is 5.19. The van der Waals surface area contributed by atoms with Crippen molar-refractivity contribution in [1.29, 1.82) is 0 Å². The molecule has 1 saturated heterocycles. The summed E-state index contributed by atoms with van der Waals surface area (Å²) in [5.41, 5.74) is 0. The van der Waals surface area contributed by atoms with E-state index >= 15 is 0 Å². The van der Waals surface area contributed by atoms with E-state index in [4.69, 9.17) is 0 Å². The van der Waals surface area contributed by atoms with Gasteiger partial charge in [-0.3, -0.25) is 0 Å². The summed E-state index contributed by atoms with van der Waals surface area (Å²) in [6, 6.07) is 0. The van der Waals surface area contributed by atoms with Crippen LogP contribution in [0.2, 0.25) is 0 Å². The van der Waals surface area contributed by atoms with Gasteiger partial charge < -0.3 is 10.2 Å². The summed E-state index contributed by atoms with van der Waals surface area (Å²) in [5, 5.41) is 3.60. The maximum Gasteiger partial charge on any atom is 0.00194 e. The fraction of sp³-hybridized carbons (Fsp3) is 1.00. The molecule has 0 spiro atoms. The molecule has 0 aromatic rings. The van der Waals surface area contributed by atoms with Gasteiger partial charge >= 0.3 is 0 Å². The Hall–Kier alpha value is -0.0800. The van der Waals surface area contributed by atoms with Crippen molar-refractivity contribution in [1.82, 2.24) is 10.2 Å². The molecule has 2 unspecified atom stereocenters. The lowest BCUT2D eigenvalue weighted by atomic mass is 9.80. The van der Waals surface area contributed by atoms with Gasteiger partial charge in [0.25, 0.3) is 0 Å². The highest BCUT2D eigenvalue weighted by molar-refractivity contribution is 4.78. The number of nitrogens with zero attached hydrogens (tertiary/aromatic N) is 1. The van der Waals surface area contributed by atoms with Gasteiger partial charge in [0.1, 0.15) is 0 Å². The van der Waals surface area contributed by atoms with Crippen LogP contribution < -0.4 is 5.32 Å². The van der Waals surface area contributed by atoms with Crippen LogP contribution in [0, 0.1) is 23.7 Å². The molecule has 1 saturated carbocycles. The van der Waals surface area contributed by atoms with E-state index < -0.39 is 0 Å². The smallest absolute Gasteiger partial charge is 0.00194 e. The van der Waals surface area contributed by atoms with Gasteiger partial charge in [-0.2, -0.15) is 0 Å². The first kappa shape index (κ1) is 15.3. The number of rotatable bonds is 3. The third-order valence-corrected chi connectivity index (χ3v) is 5.19. The zero-order valence-electron chi connectivity index (χ0n) is 13.3. The lowest BCUT2D eigenvalue weighted by Gasteiger charge is -2.36. The SMILES string of the molecule is CCC1CCC(CN2CC(C)CNCC(C)C2)CC1. The summed E-state index contributed by atoms with van der Waals surface area (Å²) in [6.07, 6.45) is 7.34. The van der Waals surface area contributed by atoms with E-state index in [-0.39, 0.29) is 0 Å². The molecule has 19 heavy (non-hydrogen) atoms. The topological polar surface area (TPSA) is 15.3 Å². The van der Waals surface area contributed by atoms with Crippen LogP contribution in [0.5, 0.6) is 0 Å². The van der Waals surface area contributed by atoms with E-state index in [2.05, 4.69) is 31.0 Å². The van der Waals surface area contributed by atoms with Crippen LogP contribution in [-0.2, 0) is 0 Å². The van der Waals surface area contributed by atoms with E-state index in [1.165, 1.54) is 64.8 Å². The molecular formula is C17H34N2. The molecular weight excluding hydrogens is 232 g/mol. The van der Waals surface area contributed by atoms with Gasteiger partial charge in [-0.05, 0) is 49.6 Å². The molecule has 1 aliphatic carbocycles. The summed E-state index contributed by atoms with van der Waals surface area (Å²) in [4.78, 5) is 2.77. The van der Waals surface area contributed by atoms with Gasteiger partial charge in [-0.1, -0.05) is 40.0 Å². The van der Waals surface area contributed by atoms with E-state index in [9.17, 15) is 0 Å². The van der Waals surface area contributed by atoms with Gasteiger partial charge in [-0.15, -0.1) is 0 Å². The van der Waals surface area contributed by atoms with E-state index in [1.54, 1.807) is 0 Å². The summed E-state index contributed by atoms with van der Waals surface area (Å²) in [5.74, 6) is 3.62. The van der Waals surface area contributed by atoms with Crippen LogP contribution in [0.25, 0.3) is 0 Å². The Morgan fingerprint density at radius 2 is 1.42 bits per heavy atom. The molecule has 2 heteroatoms. The Morgan fingerprint density at radius 1 is 0.895 bits per heavy atom. The molecule has 2 nitrogen and oxygen atoms in total. The summed E-state index contributed by atoms with van der Waals surface area (Å²) in [6.45, 7) is 13.5. The van der Waals surface area contributed by atoms with Gasteiger partial charge in [-0.25, -0.2) is 0 Å². The Kier molecular flexibility index (Phi) is 6.15. The van der Waals surface area contributed by atoms with Crippen LogP contribution >= 0.6 is 0 Å². The molecule has 1 aliphatic heterocycles. The highest BCUT2D eigenvalue weighted by Crippen LogP contribution is 2.31. The maximum atomic E-state index is 3.60. The summed E-state index contributed by atoms with van der Waals surface area (Å²) in [7, 11) is 0. The van der Waals surface area contributed by atoms with Crippen LogP contribution in [0.1, 0.15) is 52.9 Å². The standard InChI is InChI=1S/C17H34N2/c1-4-16-5-7-17(8-6-16)13-19-11-14(2)9-18-10-15(3)12-19/h14-18H,4-13H2,1-3H3. The number of nitrogens with one attached hydrogen (secondary N) is 1. The third kappa shape index (κ3) is 5.07. The monoisotopic (exact) mass is 266 g/mol. The molecule has 2 atom stereocenters. The fourth-order valence-corrected chi connectivity index (χ4v) is 4.00. The zero-order valence-corrected chi connectivity index (χ0v) is 13.3. The lowest BCUT2D eigenvalue weighted by Crippen LogP contribution is -2.44. The molecule has 0 radical (unpaired) electrons. The molecule has 1 heterocycles. The van der Waals surface area contributed by atoms with Crippen molar-refractivity contribution in [3.05, 3.63) is 0 Å². The molecule has 112 valence electrons. The summed E-state index contributed by atoms with van der Waals surface area (Å²) >= 11 is 0. The van der Waals surface area contributed by atoms with Crippen molar-refractivity contribution >= 4 is 0 Å². The van der Waals surface area contributed by atoms with E-state index in [0.29, 0.717) is 0 Å². The first-order valence-electron chi connectivity index (χ1n) is 8.60. The van der Waals surface area contributed by atoms with Gasteiger partial charge in [0, 0.05) is 19.6 Å². The molecule has 2 fully saturated rings. The molecule has 1 N–H and O–H groups in total. The molecule has 0 amide bonds. The Bertz CT molecular complexity index is 234. The Labute approximate surface area is 120 Å². The normalized spacial score (nSPS) is 38.7. The molecule has 0 aromatic carbocycles. The molecule has 0 bridgehead atoms. The minimum absolute atomic E-state index is 0.805. The fourth-order valence-electron chi connectivity index (χ4n) is 4.00. The van der Waals surface area contributed by atoms with E-state index in [0.717, 1.165) is 23.7 Å². The minimum atomic E-state index is 0.805. The minimum Gasteiger partial charge on any atom is -0.316 e. The largest absolute Gasteiger partial charge is 0.316 e. The van der Waals surface area contributed by atoms with Gasteiger partial charge in [0.15, 0.2) is 0 Å². The second-order valence-electron chi connectivity index (χ2n) is 7.38. The first-order valence-corrected chi connectivity index (χ1v) is 8.60. The average molecular weight is 266 g/mol. The molecule has 0 aromatic heterocycles. The summed E-state index contributed by atoms with van der Waals surface area (Å²) < 4.78 is 0. The van der Waals surface area contributed by atoms with Crippen LogP contribution in [-0.4, -0.2) is 37.6 Å². The predicted octanol–water partition coefficient (Wildman–Crippen LogP) is 3.38. The second kappa shape index (κ2) is 7.64. The van der Waals surface area contributed by atoms with Crippen molar-refractivity contribution in [2.75, 3.05) is 32.7 Å². The van der Waals surface area contributed by atoms with Crippen molar-refractivity contribution in [3.8, 4) is 0 Å². The maximum absolute atomic E-state index is 3.60.